The highest BCUT2D eigenvalue weighted by Crippen LogP contribution is 2.20. The Kier molecular flexibility index (Phi) is 81.2. The van der Waals surface area contributed by atoms with Crippen LogP contribution in [0.5, 0.6) is 0 Å². The fourth-order valence-electron chi connectivity index (χ4n) is 12.7. The molecule has 0 aromatic carbocycles. The molecule has 0 aliphatic heterocycles. The lowest BCUT2D eigenvalue weighted by atomic mass is 10.0. The van der Waals surface area contributed by atoms with E-state index in [1.54, 1.807) is 0 Å². The molecular formula is C89H160O5. The van der Waals surface area contributed by atoms with Crippen LogP contribution in [0.4, 0.5) is 0 Å². The van der Waals surface area contributed by atoms with Crippen LogP contribution < -0.4 is 0 Å². The third-order valence-electron chi connectivity index (χ3n) is 18.9. The van der Waals surface area contributed by atoms with Gasteiger partial charge >= 0.3 is 11.9 Å². The molecule has 0 rings (SSSR count). The first-order valence-electron chi connectivity index (χ1n) is 41.8. The SMILES string of the molecule is CC/C=C\C/C=C\C/C=C\C/C=C\C/C=C\CCCCCCCCCCCCCCCCCCCCCCCCCCCC(=O)OC(CO)COC(=O)CCCCCCCCCCCCCCCCCCCCCCCCCC/C=C\C/C=C\C/C=C\CCCCCCC. The summed E-state index contributed by atoms with van der Waals surface area (Å²) in [6.07, 6.45) is 121. The predicted octanol–water partition coefficient (Wildman–Crippen LogP) is 29.7. The van der Waals surface area contributed by atoms with Gasteiger partial charge in [0.15, 0.2) is 6.10 Å². The molecule has 1 unspecified atom stereocenters. The van der Waals surface area contributed by atoms with Gasteiger partial charge in [-0.1, -0.05) is 426 Å². The Morgan fingerprint density at radius 1 is 0.255 bits per heavy atom. The molecular weight excluding hydrogens is 1150 g/mol. The maximum atomic E-state index is 12.4. The Labute approximate surface area is 587 Å². The molecule has 0 aromatic rings. The van der Waals surface area contributed by atoms with Crippen LogP contribution in [0.1, 0.15) is 438 Å². The fraction of sp³-hybridized carbons (Fsp3) is 0.798. The molecule has 0 aromatic heterocycles. The van der Waals surface area contributed by atoms with E-state index in [1.165, 1.54) is 327 Å². The largest absolute Gasteiger partial charge is 0.462 e. The van der Waals surface area contributed by atoms with Crippen molar-refractivity contribution in [1.29, 1.82) is 0 Å². The van der Waals surface area contributed by atoms with Crippen molar-refractivity contribution in [2.24, 2.45) is 0 Å². The lowest BCUT2D eigenvalue weighted by molar-refractivity contribution is -0.161. The molecule has 0 bridgehead atoms. The molecule has 0 heterocycles. The summed E-state index contributed by atoms with van der Waals surface area (Å²) in [5.41, 5.74) is 0. The second-order valence-electron chi connectivity index (χ2n) is 28.2. The zero-order valence-electron chi connectivity index (χ0n) is 63.0. The average molecular weight is 1310 g/mol. The minimum Gasteiger partial charge on any atom is -0.462 e. The van der Waals surface area contributed by atoms with Gasteiger partial charge in [-0.25, -0.2) is 0 Å². The molecule has 1 N–H and O–H groups in total. The molecule has 5 nitrogen and oxygen atoms in total. The van der Waals surface area contributed by atoms with E-state index < -0.39 is 6.10 Å². The summed E-state index contributed by atoms with van der Waals surface area (Å²) in [6, 6.07) is 0. The average Bonchev–Trinajstić information content (AvgIpc) is 3.77. The van der Waals surface area contributed by atoms with Gasteiger partial charge in [0.05, 0.1) is 6.61 Å². The van der Waals surface area contributed by atoms with E-state index in [0.717, 1.165) is 83.5 Å². The Morgan fingerprint density at radius 2 is 0.457 bits per heavy atom. The van der Waals surface area contributed by atoms with Gasteiger partial charge in [-0.3, -0.25) is 9.59 Å². The van der Waals surface area contributed by atoms with Crippen molar-refractivity contribution in [3.05, 3.63) is 97.2 Å². The number of allylic oxidation sites excluding steroid dienone is 16. The molecule has 0 spiro atoms. The summed E-state index contributed by atoms with van der Waals surface area (Å²) in [7, 11) is 0. The Hall–Kier alpha value is -3.18. The summed E-state index contributed by atoms with van der Waals surface area (Å²) in [4.78, 5) is 24.7. The third-order valence-corrected chi connectivity index (χ3v) is 18.9. The molecule has 0 saturated carbocycles. The van der Waals surface area contributed by atoms with E-state index in [4.69, 9.17) is 9.47 Å². The van der Waals surface area contributed by atoms with Gasteiger partial charge in [-0.2, -0.15) is 0 Å². The summed E-state index contributed by atoms with van der Waals surface area (Å²) < 4.78 is 10.8. The molecule has 0 amide bonds. The number of aliphatic hydroxyl groups is 1. The highest BCUT2D eigenvalue weighted by molar-refractivity contribution is 5.70. The molecule has 0 radical (unpaired) electrons. The number of carbonyl (C=O) groups is 2. The Balaban J connectivity index is 3.38. The van der Waals surface area contributed by atoms with E-state index in [1.807, 2.05) is 0 Å². The van der Waals surface area contributed by atoms with Crippen LogP contribution >= 0.6 is 0 Å². The summed E-state index contributed by atoms with van der Waals surface area (Å²) >= 11 is 0. The molecule has 1 atom stereocenters. The van der Waals surface area contributed by atoms with E-state index in [0.29, 0.717) is 12.8 Å². The number of rotatable bonds is 78. The van der Waals surface area contributed by atoms with Gasteiger partial charge in [-0.05, 0) is 96.3 Å². The van der Waals surface area contributed by atoms with Gasteiger partial charge < -0.3 is 14.6 Å². The third kappa shape index (κ3) is 81.2. The first-order valence-corrected chi connectivity index (χ1v) is 41.8. The number of carbonyl (C=O) groups excluding carboxylic acids is 2. The number of unbranched alkanes of at least 4 members (excludes halogenated alkanes) is 54. The van der Waals surface area contributed by atoms with Gasteiger partial charge in [0, 0.05) is 12.8 Å². The van der Waals surface area contributed by atoms with Crippen LogP contribution in [-0.4, -0.2) is 36.4 Å². The van der Waals surface area contributed by atoms with Crippen LogP contribution in [0.15, 0.2) is 97.2 Å². The van der Waals surface area contributed by atoms with Crippen molar-refractivity contribution >= 4 is 11.9 Å². The highest BCUT2D eigenvalue weighted by atomic mass is 16.6. The van der Waals surface area contributed by atoms with Crippen molar-refractivity contribution in [1.82, 2.24) is 0 Å². The summed E-state index contributed by atoms with van der Waals surface area (Å²) in [5.74, 6) is -0.566. The Morgan fingerprint density at radius 3 is 0.691 bits per heavy atom. The van der Waals surface area contributed by atoms with Gasteiger partial charge in [0.25, 0.3) is 0 Å². The zero-order valence-corrected chi connectivity index (χ0v) is 63.0. The molecule has 94 heavy (non-hydrogen) atoms. The molecule has 5 heteroatoms. The fourth-order valence-corrected chi connectivity index (χ4v) is 12.7. The molecule has 0 aliphatic rings. The standard InChI is InChI=1S/C89H160O5/c1-3-5-7-9-11-13-15-17-19-21-23-25-27-29-31-33-35-37-39-41-43-44-46-48-50-52-54-56-58-60-62-64-66-68-70-72-74-76-78-80-82-84-89(92)94-87(85-90)86-93-88(91)83-81-79-77-75-73-71-69-67-65-63-61-59-57-55-53-51-49-47-45-42-40-38-36-34-32-30-28-26-24-22-20-18-16-14-12-10-8-6-4-2/h5,7,11,13,16-19,22-25,28-31,87,90H,3-4,6,8-10,12,14-15,20-21,26-27,32-86H2,1-2H3/b7-5-,13-11-,18-16-,19-17-,24-22-,25-23-,30-28-,31-29-. The van der Waals surface area contributed by atoms with Crippen LogP contribution in [0.3, 0.4) is 0 Å². The number of esters is 2. The lowest BCUT2D eigenvalue weighted by Crippen LogP contribution is -2.28. The molecule has 0 fully saturated rings. The number of hydrogen-bond donors (Lipinski definition) is 1. The maximum Gasteiger partial charge on any atom is 0.306 e. The normalized spacial score (nSPS) is 12.7. The quantitative estimate of drug-likeness (QED) is 0.0373. The maximum absolute atomic E-state index is 12.4. The van der Waals surface area contributed by atoms with Crippen molar-refractivity contribution in [3.8, 4) is 0 Å². The molecule has 546 valence electrons. The minimum absolute atomic E-state index is 0.0612. The van der Waals surface area contributed by atoms with E-state index >= 15 is 0 Å². The zero-order chi connectivity index (χ0) is 67.5. The Bertz CT molecular complexity index is 1730. The van der Waals surface area contributed by atoms with Crippen LogP contribution in [-0.2, 0) is 19.1 Å². The van der Waals surface area contributed by atoms with E-state index in [9.17, 15) is 14.7 Å². The second-order valence-corrected chi connectivity index (χ2v) is 28.2. The number of ether oxygens (including phenoxy) is 2. The van der Waals surface area contributed by atoms with Gasteiger partial charge in [-0.15, -0.1) is 0 Å². The lowest BCUT2D eigenvalue weighted by Gasteiger charge is -2.15. The highest BCUT2D eigenvalue weighted by Gasteiger charge is 2.16. The smallest absolute Gasteiger partial charge is 0.306 e. The van der Waals surface area contributed by atoms with Crippen molar-refractivity contribution in [3.63, 3.8) is 0 Å². The predicted molar refractivity (Wildman–Crippen MR) is 417 cm³/mol. The monoisotopic (exact) mass is 1310 g/mol. The first kappa shape index (κ1) is 90.8. The van der Waals surface area contributed by atoms with Crippen molar-refractivity contribution < 1.29 is 24.2 Å². The summed E-state index contributed by atoms with van der Waals surface area (Å²) in [6.45, 7) is 4.07. The van der Waals surface area contributed by atoms with Crippen molar-refractivity contribution in [2.75, 3.05) is 13.2 Å². The van der Waals surface area contributed by atoms with Crippen LogP contribution in [0, 0.1) is 0 Å². The summed E-state index contributed by atoms with van der Waals surface area (Å²) in [5, 5.41) is 9.74. The number of hydrogen-bond acceptors (Lipinski definition) is 5. The molecule has 0 saturated heterocycles. The number of aliphatic hydroxyl groups excluding tert-OH is 1. The van der Waals surface area contributed by atoms with E-state index in [-0.39, 0.29) is 25.2 Å². The molecule has 0 aliphatic carbocycles. The van der Waals surface area contributed by atoms with Gasteiger partial charge in [0.1, 0.15) is 6.61 Å². The second kappa shape index (κ2) is 84.0. The first-order chi connectivity index (χ1) is 46.6. The van der Waals surface area contributed by atoms with Crippen LogP contribution in [0.25, 0.3) is 0 Å². The van der Waals surface area contributed by atoms with Crippen LogP contribution in [0.2, 0.25) is 0 Å². The topological polar surface area (TPSA) is 72.8 Å². The van der Waals surface area contributed by atoms with Gasteiger partial charge in [0.2, 0.25) is 0 Å². The minimum atomic E-state index is -0.773. The van der Waals surface area contributed by atoms with Crippen molar-refractivity contribution in [2.45, 2.75) is 444 Å². The van der Waals surface area contributed by atoms with E-state index in [2.05, 4.69) is 111 Å².